The zero-order valence-electron chi connectivity index (χ0n) is 15.0. The van der Waals surface area contributed by atoms with Crippen molar-refractivity contribution in [3.63, 3.8) is 0 Å². The van der Waals surface area contributed by atoms with Gasteiger partial charge in [-0.2, -0.15) is 6.08 Å². The third-order valence-electron chi connectivity index (χ3n) is 4.24. The molecule has 1 radical (unpaired) electrons. The normalized spacial score (nSPS) is 12.2. The third-order valence-corrected chi connectivity index (χ3v) is 5.35. The molecule has 141 valence electrons. The average Bonchev–Trinajstić information content (AvgIpc) is 3.09. The molecule has 26 heavy (non-hydrogen) atoms. The molecule has 0 N–H and O–H groups in total. The van der Waals surface area contributed by atoms with E-state index in [1.54, 1.807) is 0 Å². The van der Waals surface area contributed by atoms with Crippen LogP contribution in [0.3, 0.4) is 0 Å². The van der Waals surface area contributed by atoms with Crippen LogP contribution in [0.5, 0.6) is 0 Å². The number of allylic oxidation sites excluding steroid dienone is 4. The molecule has 0 nitrogen and oxygen atoms in total. The average molecular weight is 466 g/mol. The van der Waals surface area contributed by atoms with Gasteiger partial charge in [-0.05, 0) is 30.6 Å². The Kier molecular flexibility index (Phi) is 14.1. The van der Waals surface area contributed by atoms with Gasteiger partial charge < -0.3 is 0 Å². The molecule has 0 bridgehead atoms. The fraction of sp³-hybridized carbons (Fsp3) is 0.238. The van der Waals surface area contributed by atoms with Gasteiger partial charge in [-0.3, -0.25) is 6.08 Å². The molecule has 0 saturated heterocycles. The van der Waals surface area contributed by atoms with Crippen molar-refractivity contribution in [1.82, 2.24) is 0 Å². The van der Waals surface area contributed by atoms with Crippen LogP contribution >= 0.6 is 45.1 Å². The zero-order chi connectivity index (χ0) is 15.4. The largest absolute Gasteiger partial charge is 0.268 e. The van der Waals surface area contributed by atoms with Crippen molar-refractivity contribution in [2.75, 3.05) is 19.5 Å². The molecule has 0 heterocycles. The maximum absolute atomic E-state index is 3.62. The van der Waals surface area contributed by atoms with E-state index in [2.05, 4.69) is 92.2 Å². The molecule has 5 heteroatoms. The molecular formula is C21H25Cl3PV-. The number of hydrogen-bond acceptors (Lipinski definition) is 0. The van der Waals surface area contributed by atoms with Crippen LogP contribution in [-0.2, 0) is 24.0 Å². The van der Waals surface area contributed by atoms with Crippen LogP contribution in [0.2, 0.25) is 0 Å². The molecule has 0 atom stereocenters. The predicted octanol–water partition coefficient (Wildman–Crippen LogP) is 6.67. The first kappa shape index (κ1) is 28.0. The number of hydrogen-bond donors (Lipinski definition) is 0. The second kappa shape index (κ2) is 13.1. The second-order valence-corrected chi connectivity index (χ2v) is 8.55. The second-order valence-electron chi connectivity index (χ2n) is 6.07. The van der Waals surface area contributed by atoms with E-state index in [-0.39, 0.29) is 69.1 Å². The molecule has 3 rings (SSSR count). The summed E-state index contributed by atoms with van der Waals surface area (Å²) in [5.41, 5.74) is 4.03. The summed E-state index contributed by atoms with van der Waals surface area (Å²) in [7, 11) is -0.0465. The SMILES string of the molecule is CP(C)CC(C1=[C-]CC=C1)(c1ccccc1)c1ccccc1.Cl.Cl.Cl.[V]. The van der Waals surface area contributed by atoms with Crippen molar-refractivity contribution >= 4 is 45.1 Å². The summed E-state index contributed by atoms with van der Waals surface area (Å²) in [6, 6.07) is 21.9. The van der Waals surface area contributed by atoms with Gasteiger partial charge in [-0.1, -0.05) is 60.7 Å². The van der Waals surface area contributed by atoms with Crippen molar-refractivity contribution in [2.24, 2.45) is 0 Å². The molecule has 0 fully saturated rings. The molecule has 1 aliphatic carbocycles. The first-order valence-electron chi connectivity index (χ1n) is 7.77. The summed E-state index contributed by atoms with van der Waals surface area (Å²) in [6.45, 7) is 4.74. The monoisotopic (exact) mass is 464 g/mol. The Morgan fingerprint density at radius 1 is 0.846 bits per heavy atom. The van der Waals surface area contributed by atoms with Crippen molar-refractivity contribution < 1.29 is 18.6 Å². The van der Waals surface area contributed by atoms with Crippen molar-refractivity contribution in [2.45, 2.75) is 11.8 Å². The van der Waals surface area contributed by atoms with Crippen LogP contribution < -0.4 is 0 Å². The summed E-state index contributed by atoms with van der Waals surface area (Å²) in [6.07, 6.45) is 10.2. The quantitative estimate of drug-likeness (QED) is 0.342. The van der Waals surface area contributed by atoms with E-state index in [1.165, 1.54) is 16.7 Å². The molecular weight excluding hydrogens is 441 g/mol. The van der Waals surface area contributed by atoms with Gasteiger partial charge in [0.2, 0.25) is 0 Å². The van der Waals surface area contributed by atoms with Gasteiger partial charge in [-0.25, -0.2) is 11.6 Å². The van der Waals surface area contributed by atoms with E-state index in [0.29, 0.717) is 0 Å². The smallest absolute Gasteiger partial charge is 0.0160 e. The molecule has 0 aliphatic heterocycles. The van der Waals surface area contributed by atoms with Crippen LogP contribution in [0.1, 0.15) is 17.5 Å². The van der Waals surface area contributed by atoms with Gasteiger partial charge in [0.15, 0.2) is 0 Å². The zero-order valence-corrected chi connectivity index (χ0v) is 19.7. The summed E-state index contributed by atoms with van der Waals surface area (Å²) >= 11 is 0. The molecule has 0 saturated carbocycles. The fourth-order valence-electron chi connectivity index (χ4n) is 3.36. The molecule has 2 aromatic rings. The molecule has 2 aromatic carbocycles. The number of benzene rings is 2. The Morgan fingerprint density at radius 2 is 1.31 bits per heavy atom. The molecule has 0 aromatic heterocycles. The van der Waals surface area contributed by atoms with Crippen LogP contribution in [0, 0.1) is 6.08 Å². The van der Waals surface area contributed by atoms with E-state index in [4.69, 9.17) is 0 Å². The minimum absolute atomic E-state index is 0. The standard InChI is InChI=1S/C21H22P.3ClH.V/c1-22(2)17-21(20-15-9-10-16-20,18-11-5-3-6-12-18)19-13-7-4-8-14-19;;;;/h3-9,11-15H,10,17H2,1-2H3;3*1H;/q-1;;;;. The van der Waals surface area contributed by atoms with Crippen LogP contribution in [0.25, 0.3) is 0 Å². The fourth-order valence-corrected chi connectivity index (χ4v) is 4.85. The van der Waals surface area contributed by atoms with Gasteiger partial charge in [0.05, 0.1) is 0 Å². The first-order valence-corrected chi connectivity index (χ1v) is 10.2. The van der Waals surface area contributed by atoms with E-state index < -0.39 is 0 Å². The topological polar surface area (TPSA) is 0 Å². The maximum Gasteiger partial charge on any atom is 0.0160 e. The summed E-state index contributed by atoms with van der Waals surface area (Å²) in [4.78, 5) is 0. The maximum atomic E-state index is 3.62. The Hall–Kier alpha value is -0.196. The van der Waals surface area contributed by atoms with Crippen LogP contribution in [0.15, 0.2) is 78.4 Å². The van der Waals surface area contributed by atoms with Gasteiger partial charge in [0.25, 0.3) is 0 Å². The minimum atomic E-state index is -0.0648. The van der Waals surface area contributed by atoms with Crippen molar-refractivity contribution in [3.8, 4) is 0 Å². The van der Waals surface area contributed by atoms with E-state index in [9.17, 15) is 0 Å². The number of halogens is 3. The van der Waals surface area contributed by atoms with Crippen LogP contribution in [-0.4, -0.2) is 19.5 Å². The van der Waals surface area contributed by atoms with Gasteiger partial charge in [0.1, 0.15) is 0 Å². The summed E-state index contributed by atoms with van der Waals surface area (Å²) in [5, 5.41) is 0. The third kappa shape index (κ3) is 5.90. The molecule has 0 unspecified atom stereocenters. The first-order chi connectivity index (χ1) is 10.7. The van der Waals surface area contributed by atoms with E-state index in [0.717, 1.165) is 12.6 Å². The number of rotatable bonds is 5. The van der Waals surface area contributed by atoms with E-state index in [1.807, 2.05) is 0 Å². The Balaban J connectivity index is 0. The molecule has 0 amide bonds. The molecule has 0 spiro atoms. The summed E-state index contributed by atoms with van der Waals surface area (Å²) in [5.74, 6) is 0. The molecule has 1 aliphatic rings. The van der Waals surface area contributed by atoms with Gasteiger partial charge in [-0.15, -0.1) is 51.6 Å². The van der Waals surface area contributed by atoms with E-state index >= 15 is 0 Å². The van der Waals surface area contributed by atoms with Gasteiger partial charge in [0, 0.05) is 24.0 Å². The summed E-state index contributed by atoms with van der Waals surface area (Å²) < 4.78 is 0. The van der Waals surface area contributed by atoms with Gasteiger partial charge >= 0.3 is 0 Å². The predicted molar refractivity (Wildman–Crippen MR) is 120 cm³/mol. The van der Waals surface area contributed by atoms with Crippen molar-refractivity contribution in [3.05, 3.63) is 95.6 Å². The Bertz CT molecular complexity index is 645. The Labute approximate surface area is 189 Å². The Morgan fingerprint density at radius 3 is 1.65 bits per heavy atom. The van der Waals surface area contributed by atoms with Crippen molar-refractivity contribution in [1.29, 1.82) is 0 Å². The minimum Gasteiger partial charge on any atom is -0.268 e. The van der Waals surface area contributed by atoms with Crippen LogP contribution in [0.4, 0.5) is 0 Å².